The minimum atomic E-state index is -0.619. The van der Waals surface area contributed by atoms with Gasteiger partial charge in [-0.15, -0.1) is 0 Å². The Morgan fingerprint density at radius 3 is 2.76 bits per heavy atom. The van der Waals surface area contributed by atoms with Gasteiger partial charge in [-0.3, -0.25) is 0 Å². The van der Waals surface area contributed by atoms with Crippen molar-refractivity contribution in [2.45, 2.75) is 13.8 Å². The minimum Gasteiger partial charge on any atom is -0.462 e. The fourth-order valence-corrected chi connectivity index (χ4v) is 1.83. The van der Waals surface area contributed by atoms with Crippen LogP contribution >= 0.6 is 0 Å². The largest absolute Gasteiger partial charge is 0.462 e. The molecule has 21 heavy (non-hydrogen) atoms. The van der Waals surface area contributed by atoms with Crippen LogP contribution < -0.4 is 0 Å². The summed E-state index contributed by atoms with van der Waals surface area (Å²) < 4.78 is 6.55. The Bertz CT molecular complexity index is 709. The van der Waals surface area contributed by atoms with E-state index in [2.05, 4.69) is 5.10 Å². The lowest BCUT2D eigenvalue weighted by molar-refractivity contribution is -0.137. The van der Waals surface area contributed by atoms with Crippen LogP contribution in [0.25, 0.3) is 11.8 Å². The fourth-order valence-electron chi connectivity index (χ4n) is 1.83. The Labute approximate surface area is 123 Å². The van der Waals surface area contributed by atoms with Gasteiger partial charge in [0.2, 0.25) is 0 Å². The van der Waals surface area contributed by atoms with E-state index in [-0.39, 0.29) is 12.2 Å². The Hall–Kier alpha value is -2.87. The fraction of sp³-hybridized carbons (Fsp3) is 0.188. The highest BCUT2D eigenvalue weighted by molar-refractivity contribution is 5.97. The standard InChI is InChI=1S/C16H15N3O2/c1-3-21-16(20)13(10-17)9-14-11-19(18-12(14)2)15-7-5-4-6-8-15/h4-9,11H,3H2,1-2H3/b13-9-. The molecule has 0 N–H and O–H groups in total. The average molecular weight is 281 g/mol. The van der Waals surface area contributed by atoms with Crippen molar-refractivity contribution >= 4 is 12.0 Å². The molecular formula is C16H15N3O2. The third kappa shape index (κ3) is 3.37. The highest BCUT2D eigenvalue weighted by atomic mass is 16.5. The zero-order valence-electron chi connectivity index (χ0n) is 11.9. The number of esters is 1. The van der Waals surface area contributed by atoms with Gasteiger partial charge in [-0.25, -0.2) is 9.48 Å². The van der Waals surface area contributed by atoms with Gasteiger partial charge in [0, 0.05) is 11.8 Å². The van der Waals surface area contributed by atoms with Gasteiger partial charge in [-0.2, -0.15) is 10.4 Å². The number of carbonyl (C=O) groups excluding carboxylic acids is 1. The number of hydrogen-bond donors (Lipinski definition) is 0. The highest BCUT2D eigenvalue weighted by Crippen LogP contribution is 2.15. The molecule has 1 aromatic heterocycles. The number of hydrogen-bond acceptors (Lipinski definition) is 4. The SMILES string of the molecule is CCOC(=O)/C(C#N)=C\c1cn(-c2ccccc2)nc1C. The number of nitrogens with zero attached hydrogens (tertiary/aromatic N) is 3. The molecule has 0 amide bonds. The van der Waals surface area contributed by atoms with Gasteiger partial charge in [-0.05, 0) is 32.1 Å². The first-order chi connectivity index (χ1) is 10.2. The van der Waals surface area contributed by atoms with E-state index in [1.54, 1.807) is 17.8 Å². The second kappa shape index (κ2) is 6.53. The van der Waals surface area contributed by atoms with Crippen molar-refractivity contribution in [1.29, 1.82) is 5.26 Å². The summed E-state index contributed by atoms with van der Waals surface area (Å²) in [4.78, 5) is 11.6. The first kappa shape index (κ1) is 14.5. The molecule has 2 rings (SSSR count). The van der Waals surface area contributed by atoms with Crippen molar-refractivity contribution in [3.05, 3.63) is 53.4 Å². The lowest BCUT2D eigenvalue weighted by Gasteiger charge is -1.99. The molecule has 1 heterocycles. The van der Waals surface area contributed by atoms with Crippen LogP contribution in [0.3, 0.4) is 0 Å². The van der Waals surface area contributed by atoms with E-state index >= 15 is 0 Å². The summed E-state index contributed by atoms with van der Waals surface area (Å²) in [5.41, 5.74) is 2.32. The van der Waals surface area contributed by atoms with E-state index in [4.69, 9.17) is 10.00 Å². The molecule has 0 radical (unpaired) electrons. The van der Waals surface area contributed by atoms with E-state index < -0.39 is 5.97 Å². The molecule has 0 saturated carbocycles. The summed E-state index contributed by atoms with van der Waals surface area (Å²) >= 11 is 0. The highest BCUT2D eigenvalue weighted by Gasteiger charge is 2.12. The smallest absolute Gasteiger partial charge is 0.348 e. The van der Waals surface area contributed by atoms with Crippen LogP contribution in [0, 0.1) is 18.3 Å². The Morgan fingerprint density at radius 1 is 1.43 bits per heavy atom. The van der Waals surface area contributed by atoms with E-state index in [0.29, 0.717) is 5.56 Å². The molecule has 2 aromatic rings. The van der Waals surface area contributed by atoms with Gasteiger partial charge >= 0.3 is 5.97 Å². The van der Waals surface area contributed by atoms with Crippen molar-refractivity contribution in [3.63, 3.8) is 0 Å². The molecule has 0 bridgehead atoms. The molecule has 5 nitrogen and oxygen atoms in total. The van der Waals surface area contributed by atoms with Crippen molar-refractivity contribution in [2.24, 2.45) is 0 Å². The number of para-hydroxylation sites is 1. The molecule has 0 saturated heterocycles. The number of aromatic nitrogens is 2. The normalized spacial score (nSPS) is 11.0. The van der Waals surface area contributed by atoms with Gasteiger partial charge in [0.05, 0.1) is 18.0 Å². The number of aryl methyl sites for hydroxylation is 1. The lowest BCUT2D eigenvalue weighted by Crippen LogP contribution is -2.06. The third-order valence-corrected chi connectivity index (χ3v) is 2.87. The van der Waals surface area contributed by atoms with Crippen LogP contribution in [0.5, 0.6) is 0 Å². The maximum Gasteiger partial charge on any atom is 0.348 e. The van der Waals surface area contributed by atoms with Crippen molar-refractivity contribution in [3.8, 4) is 11.8 Å². The van der Waals surface area contributed by atoms with Gasteiger partial charge in [0.1, 0.15) is 11.6 Å². The monoisotopic (exact) mass is 281 g/mol. The molecular weight excluding hydrogens is 266 g/mol. The number of ether oxygens (including phenoxy) is 1. The van der Waals surface area contributed by atoms with Crippen LogP contribution in [0.4, 0.5) is 0 Å². The van der Waals surface area contributed by atoms with Crippen LogP contribution in [0.1, 0.15) is 18.2 Å². The minimum absolute atomic E-state index is 0.0347. The predicted molar refractivity (Wildman–Crippen MR) is 78.5 cm³/mol. The van der Waals surface area contributed by atoms with Gasteiger partial charge in [0.25, 0.3) is 0 Å². The molecule has 0 atom stereocenters. The number of nitriles is 1. The second-order valence-corrected chi connectivity index (χ2v) is 4.34. The van der Waals surface area contributed by atoms with Gasteiger partial charge < -0.3 is 4.74 Å². The maximum atomic E-state index is 11.6. The summed E-state index contributed by atoms with van der Waals surface area (Å²) in [5, 5.41) is 13.4. The summed E-state index contributed by atoms with van der Waals surface area (Å²) in [6.45, 7) is 3.76. The van der Waals surface area contributed by atoms with Crippen LogP contribution in [-0.4, -0.2) is 22.4 Å². The van der Waals surface area contributed by atoms with E-state index in [0.717, 1.165) is 11.4 Å². The lowest BCUT2D eigenvalue weighted by atomic mass is 10.1. The van der Waals surface area contributed by atoms with Crippen LogP contribution in [0.15, 0.2) is 42.1 Å². The first-order valence-corrected chi connectivity index (χ1v) is 6.56. The summed E-state index contributed by atoms with van der Waals surface area (Å²) in [5.74, 6) is -0.619. The molecule has 0 spiro atoms. The summed E-state index contributed by atoms with van der Waals surface area (Å²) in [6, 6.07) is 11.5. The Kier molecular flexibility index (Phi) is 4.52. The molecule has 0 fully saturated rings. The zero-order valence-corrected chi connectivity index (χ0v) is 11.9. The van der Waals surface area contributed by atoms with E-state index in [1.165, 1.54) is 6.08 Å². The summed E-state index contributed by atoms with van der Waals surface area (Å²) in [7, 11) is 0. The molecule has 5 heteroatoms. The third-order valence-electron chi connectivity index (χ3n) is 2.87. The maximum absolute atomic E-state index is 11.6. The van der Waals surface area contributed by atoms with E-state index in [1.807, 2.05) is 43.3 Å². The van der Waals surface area contributed by atoms with Gasteiger partial charge in [-0.1, -0.05) is 18.2 Å². The Balaban J connectivity index is 2.35. The molecule has 0 aliphatic heterocycles. The molecule has 1 aromatic carbocycles. The van der Waals surface area contributed by atoms with Gasteiger partial charge in [0.15, 0.2) is 0 Å². The summed E-state index contributed by atoms with van der Waals surface area (Å²) in [6.07, 6.45) is 3.28. The van der Waals surface area contributed by atoms with Crippen molar-refractivity contribution in [2.75, 3.05) is 6.61 Å². The molecule has 106 valence electrons. The van der Waals surface area contributed by atoms with Crippen molar-refractivity contribution < 1.29 is 9.53 Å². The quantitative estimate of drug-likeness (QED) is 0.491. The molecule has 0 aliphatic rings. The van der Waals surface area contributed by atoms with Crippen LogP contribution in [-0.2, 0) is 9.53 Å². The second-order valence-electron chi connectivity index (χ2n) is 4.34. The number of rotatable bonds is 4. The van der Waals surface area contributed by atoms with E-state index in [9.17, 15) is 4.79 Å². The number of benzene rings is 1. The number of carbonyl (C=O) groups is 1. The predicted octanol–water partition coefficient (Wildman–Crippen LogP) is 2.65. The topological polar surface area (TPSA) is 67.9 Å². The molecule has 0 aliphatic carbocycles. The van der Waals surface area contributed by atoms with Crippen LogP contribution in [0.2, 0.25) is 0 Å². The first-order valence-electron chi connectivity index (χ1n) is 6.56. The average Bonchev–Trinajstić information content (AvgIpc) is 2.87. The Morgan fingerprint density at radius 2 is 2.14 bits per heavy atom. The zero-order chi connectivity index (χ0) is 15.2. The molecule has 0 unspecified atom stereocenters. The van der Waals surface area contributed by atoms with Crippen molar-refractivity contribution in [1.82, 2.24) is 9.78 Å².